The Morgan fingerprint density at radius 2 is 1.28 bits per heavy atom. The third-order valence-corrected chi connectivity index (χ3v) is 11.1. The van der Waals surface area contributed by atoms with Gasteiger partial charge in [0.15, 0.2) is 17.5 Å². The lowest BCUT2D eigenvalue weighted by molar-refractivity contribution is 0.0783. The first kappa shape index (κ1) is 28.8. The lowest BCUT2D eigenvalue weighted by Crippen LogP contribution is -2.42. The van der Waals surface area contributed by atoms with E-state index in [4.69, 9.17) is 15.0 Å². The van der Waals surface area contributed by atoms with Gasteiger partial charge in [-0.2, -0.15) is 5.26 Å². The number of hydrogen-bond acceptors (Lipinski definition) is 4. The highest BCUT2D eigenvalue weighted by molar-refractivity contribution is 5.86. The first-order valence-corrected chi connectivity index (χ1v) is 16.9. The van der Waals surface area contributed by atoms with Crippen LogP contribution in [0.3, 0.4) is 0 Å². The van der Waals surface area contributed by atoms with Gasteiger partial charge in [-0.15, -0.1) is 0 Å². The van der Waals surface area contributed by atoms with E-state index in [1.165, 1.54) is 54.4 Å². The van der Waals surface area contributed by atoms with E-state index in [9.17, 15) is 5.26 Å². The zero-order chi connectivity index (χ0) is 31.6. The summed E-state index contributed by atoms with van der Waals surface area (Å²) in [6.45, 7) is 9.70. The molecule has 2 saturated carbocycles. The summed E-state index contributed by atoms with van der Waals surface area (Å²) < 4.78 is 0. The van der Waals surface area contributed by atoms with Crippen molar-refractivity contribution in [1.29, 1.82) is 5.26 Å². The number of hydrogen-bond donors (Lipinski definition) is 0. The Hall–Kier alpha value is -4.62. The molecule has 0 radical (unpaired) electrons. The Morgan fingerprint density at radius 3 is 2.02 bits per heavy atom. The standard InChI is InChI=1S/C42H40N4/c1-26-19-28-20-27(2)23-42(22-26,24-28)35-16-10-15-34-37(35)33-18-17-30(21-36(33)41(34,3)4)39-44-38(29-11-6-5-7-12-29)45-40(46-39)32-14-9-8-13-31(32)25-43/h5-18,21,26-28H,19-20,22-24H2,1-4H3/t26-,27+,28?,42?. The van der Waals surface area contributed by atoms with Gasteiger partial charge in [0.25, 0.3) is 0 Å². The molecule has 2 bridgehead atoms. The van der Waals surface area contributed by atoms with Gasteiger partial charge in [-0.3, -0.25) is 0 Å². The second-order valence-corrected chi connectivity index (χ2v) is 14.9. The first-order chi connectivity index (χ1) is 22.3. The predicted octanol–water partition coefficient (Wildman–Crippen LogP) is 10.2. The number of aromatic nitrogens is 3. The van der Waals surface area contributed by atoms with Crippen LogP contribution in [0.15, 0.2) is 91.0 Å². The van der Waals surface area contributed by atoms with Crippen LogP contribution in [-0.4, -0.2) is 15.0 Å². The fraction of sp³-hybridized carbons (Fsp3) is 0.333. The van der Waals surface area contributed by atoms with Gasteiger partial charge in [-0.05, 0) is 101 Å². The lowest BCUT2D eigenvalue weighted by atomic mass is 9.53. The number of fused-ring (bicyclic) bond motifs is 5. The van der Waals surface area contributed by atoms with Crippen LogP contribution in [0, 0.1) is 29.1 Å². The summed E-state index contributed by atoms with van der Waals surface area (Å²) in [6, 6.07) is 33.8. The zero-order valence-corrected chi connectivity index (χ0v) is 27.2. The van der Waals surface area contributed by atoms with E-state index in [0.29, 0.717) is 28.6 Å². The number of nitriles is 1. The number of rotatable bonds is 4. The normalized spacial score (nSPS) is 24.1. The van der Waals surface area contributed by atoms with Crippen molar-refractivity contribution in [3.63, 3.8) is 0 Å². The number of nitrogens with zero attached hydrogens (tertiary/aromatic N) is 4. The monoisotopic (exact) mass is 600 g/mol. The number of benzene rings is 4. The maximum absolute atomic E-state index is 9.88. The molecule has 0 N–H and O–H groups in total. The van der Waals surface area contributed by atoms with Crippen LogP contribution >= 0.6 is 0 Å². The zero-order valence-electron chi connectivity index (χ0n) is 27.2. The van der Waals surface area contributed by atoms with Gasteiger partial charge in [-0.1, -0.05) is 100 Å². The summed E-state index contributed by atoms with van der Waals surface area (Å²) >= 11 is 0. The molecule has 46 heavy (non-hydrogen) atoms. The molecular formula is C42H40N4. The molecule has 4 heteroatoms. The van der Waals surface area contributed by atoms with E-state index in [1.54, 1.807) is 5.56 Å². The van der Waals surface area contributed by atoms with Crippen LogP contribution in [0.4, 0.5) is 0 Å². The molecule has 1 heterocycles. The van der Waals surface area contributed by atoms with Gasteiger partial charge in [0.1, 0.15) is 0 Å². The van der Waals surface area contributed by atoms with Gasteiger partial charge in [0, 0.05) is 22.1 Å². The third-order valence-electron chi connectivity index (χ3n) is 11.1. The van der Waals surface area contributed by atoms with Crippen LogP contribution in [-0.2, 0) is 10.8 Å². The summed E-state index contributed by atoms with van der Waals surface area (Å²) in [4.78, 5) is 14.9. The second-order valence-electron chi connectivity index (χ2n) is 14.9. The maximum atomic E-state index is 9.88. The lowest BCUT2D eigenvalue weighted by Gasteiger charge is -2.51. The molecule has 0 saturated heterocycles. The molecule has 4 nitrogen and oxygen atoms in total. The van der Waals surface area contributed by atoms with Crippen molar-refractivity contribution < 1.29 is 0 Å². The van der Waals surface area contributed by atoms with E-state index in [2.05, 4.69) is 70.2 Å². The van der Waals surface area contributed by atoms with E-state index in [0.717, 1.165) is 28.9 Å². The maximum Gasteiger partial charge on any atom is 0.165 e. The van der Waals surface area contributed by atoms with Crippen LogP contribution in [0.5, 0.6) is 0 Å². The predicted molar refractivity (Wildman–Crippen MR) is 185 cm³/mol. The molecular weight excluding hydrogens is 560 g/mol. The summed E-state index contributed by atoms with van der Waals surface area (Å²) in [5.74, 6) is 4.10. The van der Waals surface area contributed by atoms with Crippen LogP contribution < -0.4 is 0 Å². The summed E-state index contributed by atoms with van der Waals surface area (Å²) in [5, 5.41) is 9.88. The highest BCUT2D eigenvalue weighted by Crippen LogP contribution is 2.59. The Bertz CT molecular complexity index is 2000. The van der Waals surface area contributed by atoms with E-state index < -0.39 is 0 Å². The van der Waals surface area contributed by atoms with Gasteiger partial charge in [-0.25, -0.2) is 15.0 Å². The highest BCUT2D eigenvalue weighted by atomic mass is 15.0. The molecule has 0 amide bonds. The van der Waals surface area contributed by atoms with Gasteiger partial charge < -0.3 is 0 Å². The van der Waals surface area contributed by atoms with Gasteiger partial charge in [0.2, 0.25) is 0 Å². The minimum absolute atomic E-state index is 0.154. The van der Waals surface area contributed by atoms with E-state index in [1.807, 2.05) is 54.6 Å². The molecule has 2 fully saturated rings. The largest absolute Gasteiger partial charge is 0.208 e. The molecule has 5 aromatic rings. The fourth-order valence-electron chi connectivity index (χ4n) is 9.52. The first-order valence-electron chi connectivity index (χ1n) is 16.9. The molecule has 228 valence electrons. The van der Waals surface area contributed by atoms with E-state index >= 15 is 0 Å². The summed E-state index contributed by atoms with van der Waals surface area (Å²) in [6.07, 6.45) is 6.66. The van der Waals surface area contributed by atoms with Crippen LogP contribution in [0.25, 0.3) is 45.3 Å². The molecule has 1 aromatic heterocycles. The van der Waals surface area contributed by atoms with Crippen molar-refractivity contribution in [2.75, 3.05) is 0 Å². The van der Waals surface area contributed by atoms with Gasteiger partial charge >= 0.3 is 0 Å². The Labute approximate surface area is 272 Å². The second kappa shape index (κ2) is 10.7. The summed E-state index contributed by atoms with van der Waals surface area (Å²) in [7, 11) is 0. The highest BCUT2D eigenvalue weighted by Gasteiger charge is 2.48. The third kappa shape index (κ3) is 4.59. The quantitative estimate of drug-likeness (QED) is 0.206. The molecule has 0 spiro atoms. The van der Waals surface area contributed by atoms with Crippen LogP contribution in [0.2, 0.25) is 0 Å². The molecule has 0 aliphatic heterocycles. The Balaban J connectivity index is 1.29. The average molecular weight is 601 g/mol. The Kier molecular flexibility index (Phi) is 6.73. The molecule has 4 atom stereocenters. The molecule has 4 aromatic carbocycles. The van der Waals surface area contributed by atoms with Crippen molar-refractivity contribution >= 4 is 0 Å². The minimum atomic E-state index is -0.154. The molecule has 8 rings (SSSR count). The van der Waals surface area contributed by atoms with Crippen molar-refractivity contribution in [3.05, 3.63) is 113 Å². The van der Waals surface area contributed by atoms with E-state index in [-0.39, 0.29) is 10.8 Å². The average Bonchev–Trinajstić information content (AvgIpc) is 3.30. The summed E-state index contributed by atoms with van der Waals surface area (Å²) in [5.41, 5.74) is 10.4. The van der Waals surface area contributed by atoms with Crippen molar-refractivity contribution in [2.24, 2.45) is 17.8 Å². The minimum Gasteiger partial charge on any atom is -0.208 e. The van der Waals surface area contributed by atoms with Crippen molar-refractivity contribution in [3.8, 4) is 51.4 Å². The van der Waals surface area contributed by atoms with Crippen LogP contribution in [0.1, 0.15) is 82.1 Å². The van der Waals surface area contributed by atoms with Crippen molar-refractivity contribution in [2.45, 2.75) is 70.6 Å². The molecule has 3 aliphatic rings. The fourth-order valence-corrected chi connectivity index (χ4v) is 9.52. The van der Waals surface area contributed by atoms with Gasteiger partial charge in [0.05, 0.1) is 11.6 Å². The molecule has 3 aliphatic carbocycles. The Morgan fingerprint density at radius 1 is 0.630 bits per heavy atom. The SMILES string of the molecule is C[C@@H]1CC2C[C@H](C)CC(c3cccc4c3-c3ccc(-c5nc(-c6ccccc6)nc(-c6ccccc6C#N)n5)cc3C4(C)C)(C2)C1. The van der Waals surface area contributed by atoms with Crippen molar-refractivity contribution in [1.82, 2.24) is 15.0 Å². The topological polar surface area (TPSA) is 62.5 Å². The molecule has 2 unspecified atom stereocenters. The smallest absolute Gasteiger partial charge is 0.165 e.